The summed E-state index contributed by atoms with van der Waals surface area (Å²) >= 11 is 0. The number of hydrogen-bond donors (Lipinski definition) is 2. The molecule has 0 amide bonds. The van der Waals surface area contributed by atoms with Gasteiger partial charge in [0.15, 0.2) is 5.82 Å². The van der Waals surface area contributed by atoms with E-state index in [0.29, 0.717) is 36.3 Å². The highest BCUT2D eigenvalue weighted by Gasteiger charge is 2.32. The van der Waals surface area contributed by atoms with E-state index in [1.54, 1.807) is 6.92 Å². The van der Waals surface area contributed by atoms with Gasteiger partial charge in [0, 0.05) is 13.1 Å². The average Bonchev–Trinajstić information content (AvgIpc) is 3.33. The summed E-state index contributed by atoms with van der Waals surface area (Å²) in [6.07, 6.45) is 3.51. The Labute approximate surface area is 148 Å². The van der Waals surface area contributed by atoms with Gasteiger partial charge in [-0.05, 0) is 49.3 Å². The van der Waals surface area contributed by atoms with Crippen molar-refractivity contribution in [3.63, 3.8) is 0 Å². The van der Waals surface area contributed by atoms with Crippen LogP contribution in [0.3, 0.4) is 0 Å². The molecular formula is C18H20FN3O4. The van der Waals surface area contributed by atoms with Crippen molar-refractivity contribution in [1.82, 2.24) is 4.40 Å². The molecule has 3 N–H and O–H groups in total. The number of aryl methyl sites for hydroxylation is 1. The third kappa shape index (κ3) is 2.57. The number of aromatic carboxylic acids is 1. The lowest BCUT2D eigenvalue weighted by Crippen LogP contribution is -2.28. The Balaban J connectivity index is 1.97. The predicted octanol–water partition coefficient (Wildman–Crippen LogP) is 1.79. The first-order valence-electron chi connectivity index (χ1n) is 8.64. The summed E-state index contributed by atoms with van der Waals surface area (Å²) in [5, 5.41) is 9.33. The Hall–Kier alpha value is -2.45. The summed E-state index contributed by atoms with van der Waals surface area (Å²) in [6.45, 7) is 2.85. The molecule has 0 bridgehead atoms. The summed E-state index contributed by atoms with van der Waals surface area (Å²) < 4.78 is 16.1. The number of aromatic nitrogens is 1. The van der Waals surface area contributed by atoms with E-state index in [-0.39, 0.29) is 17.6 Å². The summed E-state index contributed by atoms with van der Waals surface area (Å²) in [7, 11) is 0. The smallest absolute Gasteiger partial charge is 0.341 e. The van der Waals surface area contributed by atoms with E-state index in [9.17, 15) is 19.1 Å². The third-order valence-corrected chi connectivity index (χ3v) is 5.34. The Morgan fingerprint density at radius 2 is 2.12 bits per heavy atom. The number of nitrogens with zero attached hydrogens (tertiary/aromatic N) is 2. The van der Waals surface area contributed by atoms with Gasteiger partial charge in [0.1, 0.15) is 5.56 Å². The van der Waals surface area contributed by atoms with Gasteiger partial charge in [0.05, 0.1) is 23.5 Å². The van der Waals surface area contributed by atoms with Crippen LogP contribution in [0.25, 0.3) is 5.52 Å². The van der Waals surface area contributed by atoms with Crippen molar-refractivity contribution >= 4 is 17.2 Å². The number of carboxylic acid groups (broad SMARTS) is 1. The van der Waals surface area contributed by atoms with Crippen molar-refractivity contribution in [2.45, 2.75) is 38.2 Å². The molecular weight excluding hydrogens is 341 g/mol. The van der Waals surface area contributed by atoms with Crippen LogP contribution in [0.1, 0.15) is 46.7 Å². The standard InChI is InChI=1S/C18H20FN3O4/c1-9-15-12(10-2-3-10)6-13(18(24)25)17(23)22(15)8-14(19)16(9)21-5-4-11(7-21)26-20/h6,8,10-11H,2-5,7,20H2,1H3,(H,24,25)/t11-/m1/s1. The highest BCUT2D eigenvalue weighted by Crippen LogP contribution is 2.44. The zero-order chi connectivity index (χ0) is 18.6. The Bertz CT molecular complexity index is 967. The predicted molar refractivity (Wildman–Crippen MR) is 93.2 cm³/mol. The summed E-state index contributed by atoms with van der Waals surface area (Å²) in [4.78, 5) is 30.7. The lowest BCUT2D eigenvalue weighted by molar-refractivity contribution is 0.0688. The fourth-order valence-corrected chi connectivity index (χ4v) is 3.93. The van der Waals surface area contributed by atoms with Crippen molar-refractivity contribution < 1.29 is 19.1 Å². The quantitative estimate of drug-likeness (QED) is 0.806. The molecule has 7 nitrogen and oxygen atoms in total. The zero-order valence-corrected chi connectivity index (χ0v) is 14.4. The van der Waals surface area contributed by atoms with Gasteiger partial charge in [-0.1, -0.05) is 0 Å². The molecule has 26 heavy (non-hydrogen) atoms. The maximum atomic E-state index is 14.9. The Kier molecular flexibility index (Phi) is 3.96. The SMILES string of the molecule is Cc1c(N2CC[C@@H](ON)C2)c(F)cn2c(=O)c(C(=O)O)cc(C3CC3)c12. The molecule has 0 aromatic carbocycles. The molecule has 1 atom stereocenters. The largest absolute Gasteiger partial charge is 0.477 e. The van der Waals surface area contributed by atoms with Gasteiger partial charge in [-0.2, -0.15) is 0 Å². The van der Waals surface area contributed by atoms with E-state index in [0.717, 1.165) is 29.0 Å². The van der Waals surface area contributed by atoms with Crippen molar-refractivity contribution in [2.24, 2.45) is 5.90 Å². The molecule has 1 aliphatic carbocycles. The van der Waals surface area contributed by atoms with Crippen LogP contribution in [-0.4, -0.2) is 34.7 Å². The molecule has 2 aromatic rings. The number of carbonyl (C=O) groups is 1. The van der Waals surface area contributed by atoms with E-state index in [1.165, 1.54) is 6.07 Å². The number of fused-ring (bicyclic) bond motifs is 1. The van der Waals surface area contributed by atoms with E-state index in [2.05, 4.69) is 0 Å². The molecule has 0 spiro atoms. The maximum absolute atomic E-state index is 14.9. The average molecular weight is 361 g/mol. The van der Waals surface area contributed by atoms with Gasteiger partial charge in [-0.15, -0.1) is 0 Å². The summed E-state index contributed by atoms with van der Waals surface area (Å²) in [5.41, 5.74) is 1.43. The number of rotatable bonds is 4. The van der Waals surface area contributed by atoms with Crippen LogP contribution in [0.15, 0.2) is 17.1 Å². The van der Waals surface area contributed by atoms with Crippen LogP contribution in [0.2, 0.25) is 0 Å². The fraction of sp³-hybridized carbons (Fsp3) is 0.444. The molecule has 138 valence electrons. The molecule has 0 unspecified atom stereocenters. The molecule has 1 saturated heterocycles. The van der Waals surface area contributed by atoms with E-state index >= 15 is 0 Å². The monoisotopic (exact) mass is 361 g/mol. The lowest BCUT2D eigenvalue weighted by atomic mass is 10.0. The second-order valence-electron chi connectivity index (χ2n) is 7.06. The van der Waals surface area contributed by atoms with E-state index < -0.39 is 17.3 Å². The maximum Gasteiger partial charge on any atom is 0.341 e. The second kappa shape index (κ2) is 6.07. The third-order valence-electron chi connectivity index (χ3n) is 5.34. The molecule has 3 heterocycles. The first-order valence-corrected chi connectivity index (χ1v) is 8.64. The summed E-state index contributed by atoms with van der Waals surface area (Å²) in [6, 6.07) is 1.46. The number of hydrogen-bond acceptors (Lipinski definition) is 5. The molecule has 1 aliphatic heterocycles. The number of nitrogens with two attached hydrogens (primary N) is 1. The molecule has 2 aliphatic rings. The second-order valence-corrected chi connectivity index (χ2v) is 7.06. The molecule has 0 radical (unpaired) electrons. The van der Waals surface area contributed by atoms with Crippen molar-refractivity contribution in [2.75, 3.05) is 18.0 Å². The van der Waals surface area contributed by atoms with Gasteiger partial charge in [-0.3, -0.25) is 14.0 Å². The van der Waals surface area contributed by atoms with Crippen molar-refractivity contribution in [1.29, 1.82) is 0 Å². The van der Waals surface area contributed by atoms with Crippen LogP contribution in [0.4, 0.5) is 10.1 Å². The number of halogens is 1. The first-order chi connectivity index (χ1) is 12.4. The van der Waals surface area contributed by atoms with Gasteiger partial charge in [-0.25, -0.2) is 15.1 Å². The van der Waals surface area contributed by atoms with Crippen molar-refractivity contribution in [3.05, 3.63) is 45.1 Å². The molecule has 2 aromatic heterocycles. The minimum Gasteiger partial charge on any atom is -0.477 e. The van der Waals surface area contributed by atoms with Crippen LogP contribution in [0.5, 0.6) is 0 Å². The van der Waals surface area contributed by atoms with Crippen LogP contribution < -0.4 is 16.4 Å². The van der Waals surface area contributed by atoms with E-state index in [4.69, 9.17) is 10.7 Å². The fourth-order valence-electron chi connectivity index (χ4n) is 3.93. The van der Waals surface area contributed by atoms with Crippen molar-refractivity contribution in [3.8, 4) is 0 Å². The summed E-state index contributed by atoms with van der Waals surface area (Å²) in [5.74, 6) is 3.61. The van der Waals surface area contributed by atoms with Gasteiger partial charge >= 0.3 is 5.97 Å². The highest BCUT2D eigenvalue weighted by molar-refractivity contribution is 5.89. The minimum absolute atomic E-state index is 0.162. The van der Waals surface area contributed by atoms with Gasteiger partial charge < -0.3 is 10.0 Å². The first kappa shape index (κ1) is 17.0. The molecule has 8 heteroatoms. The number of carboxylic acids is 1. The molecule has 1 saturated carbocycles. The minimum atomic E-state index is -1.30. The number of pyridine rings is 2. The number of anilines is 1. The van der Waals surface area contributed by atoms with E-state index in [1.807, 2.05) is 4.90 Å². The topological polar surface area (TPSA) is 97.3 Å². The molecule has 2 fully saturated rings. The lowest BCUT2D eigenvalue weighted by Gasteiger charge is -2.24. The molecule has 4 rings (SSSR count). The Morgan fingerprint density at radius 3 is 2.69 bits per heavy atom. The zero-order valence-electron chi connectivity index (χ0n) is 14.4. The van der Waals surface area contributed by atoms with Crippen LogP contribution in [0, 0.1) is 12.7 Å². The van der Waals surface area contributed by atoms with Crippen LogP contribution in [-0.2, 0) is 4.84 Å². The van der Waals surface area contributed by atoms with Crippen LogP contribution >= 0.6 is 0 Å². The van der Waals surface area contributed by atoms with Gasteiger partial charge in [0.25, 0.3) is 5.56 Å². The Morgan fingerprint density at radius 1 is 1.38 bits per heavy atom. The normalized spacial score (nSPS) is 20.1. The highest BCUT2D eigenvalue weighted by atomic mass is 19.1. The van der Waals surface area contributed by atoms with Gasteiger partial charge in [0.2, 0.25) is 0 Å².